The summed E-state index contributed by atoms with van der Waals surface area (Å²) in [6.45, 7) is 3.94. The summed E-state index contributed by atoms with van der Waals surface area (Å²) in [5.41, 5.74) is 0.407. The van der Waals surface area contributed by atoms with Gasteiger partial charge in [-0.3, -0.25) is 14.5 Å². The molecular formula is C19H27N3O4. The van der Waals surface area contributed by atoms with Crippen LogP contribution in [0.25, 0.3) is 0 Å². The van der Waals surface area contributed by atoms with E-state index in [0.29, 0.717) is 19.8 Å². The third-order valence-electron chi connectivity index (χ3n) is 5.15. The SMILES string of the molecule is O=C(NCCN1CCOCC1)[C@H](CO)NC(=O)C1(c2ccccc2)CC1. The Morgan fingerprint density at radius 1 is 1.19 bits per heavy atom. The quantitative estimate of drug-likeness (QED) is 0.588. The minimum absolute atomic E-state index is 0.189. The molecule has 7 heteroatoms. The summed E-state index contributed by atoms with van der Waals surface area (Å²) in [7, 11) is 0. The van der Waals surface area contributed by atoms with Gasteiger partial charge in [-0.25, -0.2) is 0 Å². The highest BCUT2D eigenvalue weighted by molar-refractivity contribution is 5.95. The van der Waals surface area contributed by atoms with E-state index in [9.17, 15) is 14.7 Å². The molecule has 1 saturated carbocycles. The van der Waals surface area contributed by atoms with Crippen LogP contribution < -0.4 is 10.6 Å². The van der Waals surface area contributed by atoms with Gasteiger partial charge in [-0.2, -0.15) is 0 Å². The predicted molar refractivity (Wildman–Crippen MR) is 96.6 cm³/mol. The number of aliphatic hydroxyl groups excluding tert-OH is 1. The van der Waals surface area contributed by atoms with Gasteiger partial charge in [-0.1, -0.05) is 30.3 Å². The second-order valence-corrected chi connectivity index (χ2v) is 6.90. The third kappa shape index (κ3) is 4.41. The molecule has 142 valence electrons. The van der Waals surface area contributed by atoms with Crippen LogP contribution in [-0.2, 0) is 19.7 Å². The molecule has 1 aromatic rings. The number of aliphatic hydroxyl groups is 1. The van der Waals surface area contributed by atoms with Crippen LogP contribution >= 0.6 is 0 Å². The standard InChI is InChI=1S/C19H27N3O4/c23-14-16(17(24)20-8-9-22-10-12-26-13-11-22)21-18(25)19(6-7-19)15-4-2-1-3-5-15/h1-5,16,23H,6-14H2,(H,20,24)(H,21,25)/t16-/m0/s1. The normalized spacial score (nSPS) is 20.2. The van der Waals surface area contributed by atoms with E-state index in [1.165, 1.54) is 0 Å². The van der Waals surface area contributed by atoms with Crippen molar-refractivity contribution in [2.75, 3.05) is 46.0 Å². The molecular weight excluding hydrogens is 334 g/mol. The molecule has 2 aliphatic rings. The van der Waals surface area contributed by atoms with Crippen LogP contribution in [0.15, 0.2) is 30.3 Å². The van der Waals surface area contributed by atoms with E-state index in [1.54, 1.807) is 0 Å². The van der Waals surface area contributed by atoms with Crippen LogP contribution in [0.4, 0.5) is 0 Å². The highest BCUT2D eigenvalue weighted by Gasteiger charge is 2.51. The zero-order valence-corrected chi connectivity index (χ0v) is 14.9. The van der Waals surface area contributed by atoms with Crippen LogP contribution in [0.3, 0.4) is 0 Å². The number of amides is 2. The molecule has 0 bridgehead atoms. The fourth-order valence-electron chi connectivity index (χ4n) is 3.30. The van der Waals surface area contributed by atoms with Gasteiger partial charge in [0.1, 0.15) is 6.04 Å². The topological polar surface area (TPSA) is 90.9 Å². The Bertz CT molecular complexity index is 612. The summed E-state index contributed by atoms with van der Waals surface area (Å²) >= 11 is 0. The molecule has 0 unspecified atom stereocenters. The van der Waals surface area contributed by atoms with E-state index in [4.69, 9.17) is 4.74 Å². The third-order valence-corrected chi connectivity index (χ3v) is 5.15. The first-order chi connectivity index (χ1) is 12.7. The van der Waals surface area contributed by atoms with E-state index in [1.807, 2.05) is 30.3 Å². The average molecular weight is 361 g/mol. The number of morpholine rings is 1. The molecule has 26 heavy (non-hydrogen) atoms. The minimum Gasteiger partial charge on any atom is -0.394 e. The van der Waals surface area contributed by atoms with Gasteiger partial charge in [0.25, 0.3) is 0 Å². The monoisotopic (exact) mass is 361 g/mol. The molecule has 0 radical (unpaired) electrons. The molecule has 1 heterocycles. The lowest BCUT2D eigenvalue weighted by Crippen LogP contribution is -2.52. The lowest BCUT2D eigenvalue weighted by molar-refractivity contribution is -0.131. The van der Waals surface area contributed by atoms with Gasteiger partial charge in [0, 0.05) is 26.2 Å². The molecule has 1 atom stereocenters. The molecule has 1 aliphatic carbocycles. The first-order valence-electron chi connectivity index (χ1n) is 9.21. The van der Waals surface area contributed by atoms with Gasteiger partial charge >= 0.3 is 0 Å². The van der Waals surface area contributed by atoms with E-state index in [-0.39, 0.29) is 11.8 Å². The summed E-state index contributed by atoms with van der Waals surface area (Å²) in [4.78, 5) is 27.2. The number of ether oxygens (including phenoxy) is 1. The highest BCUT2D eigenvalue weighted by atomic mass is 16.5. The molecule has 3 N–H and O–H groups in total. The molecule has 1 aliphatic heterocycles. The lowest BCUT2D eigenvalue weighted by Gasteiger charge is -2.27. The zero-order chi connectivity index (χ0) is 18.4. The van der Waals surface area contributed by atoms with Crippen LogP contribution in [0.5, 0.6) is 0 Å². The van der Waals surface area contributed by atoms with Crippen molar-refractivity contribution in [1.82, 2.24) is 15.5 Å². The number of carbonyl (C=O) groups is 2. The van der Waals surface area contributed by atoms with E-state index < -0.39 is 18.1 Å². The van der Waals surface area contributed by atoms with Crippen LogP contribution in [0.1, 0.15) is 18.4 Å². The highest BCUT2D eigenvalue weighted by Crippen LogP contribution is 2.48. The molecule has 3 rings (SSSR count). The average Bonchev–Trinajstić information content (AvgIpc) is 3.49. The van der Waals surface area contributed by atoms with Crippen LogP contribution in [-0.4, -0.2) is 73.9 Å². The maximum Gasteiger partial charge on any atom is 0.245 e. The molecule has 1 aromatic carbocycles. The predicted octanol–water partition coefficient (Wildman–Crippen LogP) is -0.356. The Morgan fingerprint density at radius 3 is 2.50 bits per heavy atom. The Morgan fingerprint density at radius 2 is 1.88 bits per heavy atom. The molecule has 0 spiro atoms. The van der Waals surface area contributed by atoms with Gasteiger partial charge in [0.2, 0.25) is 11.8 Å². The van der Waals surface area contributed by atoms with Crippen molar-refractivity contribution in [3.05, 3.63) is 35.9 Å². The summed E-state index contributed by atoms with van der Waals surface area (Å²) in [5, 5.41) is 15.1. The first-order valence-corrected chi connectivity index (χ1v) is 9.21. The number of nitrogens with zero attached hydrogens (tertiary/aromatic N) is 1. The second-order valence-electron chi connectivity index (χ2n) is 6.90. The Kier molecular flexibility index (Phi) is 6.24. The van der Waals surface area contributed by atoms with Crippen molar-refractivity contribution in [2.45, 2.75) is 24.3 Å². The Labute approximate surface area is 153 Å². The lowest BCUT2D eigenvalue weighted by atomic mass is 9.94. The summed E-state index contributed by atoms with van der Waals surface area (Å²) < 4.78 is 5.29. The van der Waals surface area contributed by atoms with Crippen LogP contribution in [0.2, 0.25) is 0 Å². The van der Waals surface area contributed by atoms with Crippen molar-refractivity contribution in [2.24, 2.45) is 0 Å². The van der Waals surface area contributed by atoms with Crippen molar-refractivity contribution >= 4 is 11.8 Å². The van der Waals surface area contributed by atoms with Gasteiger partial charge in [0.15, 0.2) is 0 Å². The summed E-state index contributed by atoms with van der Waals surface area (Å²) in [6.07, 6.45) is 1.53. The van der Waals surface area contributed by atoms with Crippen molar-refractivity contribution in [3.63, 3.8) is 0 Å². The summed E-state index contributed by atoms with van der Waals surface area (Å²) in [6, 6.07) is 8.67. The van der Waals surface area contributed by atoms with E-state index in [2.05, 4.69) is 15.5 Å². The van der Waals surface area contributed by atoms with Gasteiger partial charge in [-0.15, -0.1) is 0 Å². The summed E-state index contributed by atoms with van der Waals surface area (Å²) in [5.74, 6) is -0.538. The Balaban J connectivity index is 1.49. The number of hydrogen-bond donors (Lipinski definition) is 3. The molecule has 0 aromatic heterocycles. The fraction of sp³-hybridized carbons (Fsp3) is 0.579. The maximum absolute atomic E-state index is 12.7. The zero-order valence-electron chi connectivity index (χ0n) is 14.9. The van der Waals surface area contributed by atoms with Crippen molar-refractivity contribution < 1.29 is 19.4 Å². The number of carbonyl (C=O) groups excluding carboxylic acids is 2. The maximum atomic E-state index is 12.7. The van der Waals surface area contributed by atoms with E-state index >= 15 is 0 Å². The second kappa shape index (κ2) is 8.62. The molecule has 1 saturated heterocycles. The number of hydrogen-bond acceptors (Lipinski definition) is 5. The van der Waals surface area contributed by atoms with Crippen molar-refractivity contribution in [1.29, 1.82) is 0 Å². The number of rotatable bonds is 8. The largest absolute Gasteiger partial charge is 0.394 e. The smallest absolute Gasteiger partial charge is 0.245 e. The fourth-order valence-corrected chi connectivity index (χ4v) is 3.30. The molecule has 2 fully saturated rings. The van der Waals surface area contributed by atoms with Crippen LogP contribution in [0, 0.1) is 0 Å². The molecule has 2 amide bonds. The molecule has 7 nitrogen and oxygen atoms in total. The number of benzene rings is 1. The van der Waals surface area contributed by atoms with Gasteiger partial charge in [0.05, 0.1) is 25.2 Å². The minimum atomic E-state index is -0.923. The first kappa shape index (κ1) is 18.8. The van der Waals surface area contributed by atoms with Gasteiger partial charge < -0.3 is 20.5 Å². The van der Waals surface area contributed by atoms with Gasteiger partial charge in [-0.05, 0) is 18.4 Å². The van der Waals surface area contributed by atoms with Crippen molar-refractivity contribution in [3.8, 4) is 0 Å². The Hall–Kier alpha value is -1.96. The number of nitrogens with one attached hydrogen (secondary N) is 2. The van der Waals surface area contributed by atoms with E-state index in [0.717, 1.165) is 38.0 Å².